The number of nitrogens with one attached hydrogen (secondary N) is 1. The third-order valence-electron chi connectivity index (χ3n) is 2.51. The average molecular weight is 227 g/mol. The minimum absolute atomic E-state index is 0.00794. The van der Waals surface area contributed by atoms with Gasteiger partial charge in [-0.1, -0.05) is 6.07 Å². The van der Waals surface area contributed by atoms with Crippen molar-refractivity contribution in [3.63, 3.8) is 0 Å². The Kier molecular flexibility index (Phi) is 3.72. The van der Waals surface area contributed by atoms with Crippen molar-refractivity contribution in [2.45, 2.75) is 25.3 Å². The van der Waals surface area contributed by atoms with Crippen LogP contribution in [0.2, 0.25) is 0 Å². The first kappa shape index (κ1) is 11.3. The Bertz CT molecular complexity index is 353. The number of hydrogen-bond acceptors (Lipinski definition) is 2. The molecule has 0 saturated heterocycles. The highest BCUT2D eigenvalue weighted by molar-refractivity contribution is 5.24. The molecule has 4 heteroatoms. The lowest BCUT2D eigenvalue weighted by Gasteiger charge is -2.07. The van der Waals surface area contributed by atoms with E-state index >= 15 is 0 Å². The Morgan fingerprint density at radius 3 is 2.88 bits per heavy atom. The van der Waals surface area contributed by atoms with E-state index in [0.717, 1.165) is 19.0 Å². The van der Waals surface area contributed by atoms with Crippen LogP contribution in [0.1, 0.15) is 19.3 Å². The molecular weight excluding hydrogens is 212 g/mol. The summed E-state index contributed by atoms with van der Waals surface area (Å²) < 4.78 is 31.1. The van der Waals surface area contributed by atoms with Gasteiger partial charge in [0.05, 0.1) is 6.61 Å². The van der Waals surface area contributed by atoms with Gasteiger partial charge < -0.3 is 10.1 Å². The summed E-state index contributed by atoms with van der Waals surface area (Å²) >= 11 is 0. The van der Waals surface area contributed by atoms with Crippen LogP contribution in [0.5, 0.6) is 5.75 Å². The Labute approximate surface area is 93.6 Å². The maximum Gasteiger partial charge on any atom is 0.200 e. The zero-order valence-corrected chi connectivity index (χ0v) is 9.01. The van der Waals surface area contributed by atoms with E-state index in [1.807, 2.05) is 0 Å². The van der Waals surface area contributed by atoms with Gasteiger partial charge >= 0.3 is 0 Å². The summed E-state index contributed by atoms with van der Waals surface area (Å²) in [6.45, 7) is 1.27. The zero-order valence-electron chi connectivity index (χ0n) is 9.01. The van der Waals surface area contributed by atoms with Crippen molar-refractivity contribution in [3.05, 3.63) is 29.8 Å². The molecule has 0 atom stereocenters. The van der Waals surface area contributed by atoms with Gasteiger partial charge in [-0.3, -0.25) is 0 Å². The monoisotopic (exact) mass is 227 g/mol. The second kappa shape index (κ2) is 5.25. The molecule has 0 aliphatic heterocycles. The van der Waals surface area contributed by atoms with Gasteiger partial charge in [0.25, 0.3) is 0 Å². The molecule has 1 aromatic carbocycles. The fraction of sp³-hybridized carbons (Fsp3) is 0.500. The second-order valence-electron chi connectivity index (χ2n) is 3.98. The highest BCUT2D eigenvalue weighted by Crippen LogP contribution is 2.20. The maximum absolute atomic E-state index is 13.1. The first-order chi connectivity index (χ1) is 7.77. The van der Waals surface area contributed by atoms with Crippen LogP contribution in [0.25, 0.3) is 0 Å². The number of ether oxygens (including phenoxy) is 1. The quantitative estimate of drug-likeness (QED) is 0.754. The van der Waals surface area contributed by atoms with Crippen molar-refractivity contribution in [2.24, 2.45) is 0 Å². The van der Waals surface area contributed by atoms with E-state index in [4.69, 9.17) is 4.74 Å². The van der Waals surface area contributed by atoms with E-state index in [1.54, 1.807) is 0 Å². The fourth-order valence-electron chi connectivity index (χ4n) is 1.44. The van der Waals surface area contributed by atoms with Crippen molar-refractivity contribution in [1.29, 1.82) is 0 Å². The first-order valence-electron chi connectivity index (χ1n) is 5.57. The van der Waals surface area contributed by atoms with E-state index in [9.17, 15) is 8.78 Å². The molecular formula is C12H15F2NO. The molecule has 88 valence electrons. The first-order valence-corrected chi connectivity index (χ1v) is 5.57. The molecule has 0 bridgehead atoms. The van der Waals surface area contributed by atoms with Crippen molar-refractivity contribution >= 4 is 0 Å². The van der Waals surface area contributed by atoms with Crippen LogP contribution in [0.3, 0.4) is 0 Å². The molecule has 16 heavy (non-hydrogen) atoms. The third kappa shape index (κ3) is 3.17. The normalized spacial score (nSPS) is 15.1. The second-order valence-corrected chi connectivity index (χ2v) is 3.98. The minimum atomic E-state index is -0.905. The van der Waals surface area contributed by atoms with E-state index in [2.05, 4.69) is 5.32 Å². The third-order valence-corrected chi connectivity index (χ3v) is 2.51. The minimum Gasteiger partial charge on any atom is -0.490 e. The molecule has 1 aliphatic rings. The van der Waals surface area contributed by atoms with E-state index in [-0.39, 0.29) is 5.75 Å². The summed E-state index contributed by atoms with van der Waals surface area (Å²) in [5, 5.41) is 3.32. The Hall–Kier alpha value is -1.16. The molecule has 0 aromatic heterocycles. The van der Waals surface area contributed by atoms with Gasteiger partial charge in [-0.2, -0.15) is 4.39 Å². The summed E-state index contributed by atoms with van der Waals surface area (Å²) in [7, 11) is 0. The van der Waals surface area contributed by atoms with Gasteiger partial charge in [0.2, 0.25) is 5.82 Å². The highest BCUT2D eigenvalue weighted by atomic mass is 19.2. The largest absolute Gasteiger partial charge is 0.490 e. The molecule has 1 aromatic rings. The van der Waals surface area contributed by atoms with Crippen LogP contribution < -0.4 is 10.1 Å². The van der Waals surface area contributed by atoms with Crippen LogP contribution in [-0.2, 0) is 0 Å². The van der Waals surface area contributed by atoms with E-state index in [0.29, 0.717) is 12.6 Å². The molecule has 1 N–H and O–H groups in total. The predicted molar refractivity (Wildman–Crippen MR) is 57.5 cm³/mol. The Morgan fingerprint density at radius 1 is 1.31 bits per heavy atom. The van der Waals surface area contributed by atoms with Crippen molar-refractivity contribution < 1.29 is 13.5 Å². The fourth-order valence-corrected chi connectivity index (χ4v) is 1.44. The molecule has 0 radical (unpaired) electrons. The SMILES string of the molecule is Fc1cccc(OCCCNC2CC2)c1F. The van der Waals surface area contributed by atoms with Crippen LogP contribution in [0.4, 0.5) is 8.78 Å². The Balaban J connectivity index is 1.69. The zero-order chi connectivity index (χ0) is 11.4. The summed E-state index contributed by atoms with van der Waals surface area (Å²) in [5.41, 5.74) is 0. The standard InChI is InChI=1S/C12H15F2NO/c13-10-3-1-4-11(12(10)14)16-8-2-7-15-9-5-6-9/h1,3-4,9,15H,2,5-8H2. The van der Waals surface area contributed by atoms with Gasteiger partial charge in [0.15, 0.2) is 11.6 Å². The van der Waals surface area contributed by atoms with Gasteiger partial charge in [-0.25, -0.2) is 4.39 Å². The summed E-state index contributed by atoms with van der Waals surface area (Å²) in [6, 6.07) is 4.63. The Morgan fingerprint density at radius 2 is 2.12 bits per heavy atom. The van der Waals surface area contributed by atoms with E-state index < -0.39 is 11.6 Å². The van der Waals surface area contributed by atoms with Crippen LogP contribution in [0.15, 0.2) is 18.2 Å². The number of benzene rings is 1. The maximum atomic E-state index is 13.1. The average Bonchev–Trinajstić information content (AvgIpc) is 3.07. The summed E-state index contributed by atoms with van der Waals surface area (Å²) in [6.07, 6.45) is 3.30. The smallest absolute Gasteiger partial charge is 0.200 e. The molecule has 2 rings (SSSR count). The van der Waals surface area contributed by atoms with E-state index in [1.165, 1.54) is 25.0 Å². The lowest BCUT2D eigenvalue weighted by molar-refractivity contribution is 0.288. The lowest BCUT2D eigenvalue weighted by atomic mass is 10.3. The van der Waals surface area contributed by atoms with Gasteiger partial charge in [-0.15, -0.1) is 0 Å². The van der Waals surface area contributed by atoms with Crippen LogP contribution in [0, 0.1) is 11.6 Å². The molecule has 0 unspecified atom stereocenters. The van der Waals surface area contributed by atoms with Crippen molar-refractivity contribution in [2.75, 3.05) is 13.2 Å². The highest BCUT2D eigenvalue weighted by Gasteiger charge is 2.19. The topological polar surface area (TPSA) is 21.3 Å². The number of rotatable bonds is 6. The molecule has 2 nitrogen and oxygen atoms in total. The van der Waals surface area contributed by atoms with Crippen molar-refractivity contribution in [1.82, 2.24) is 5.32 Å². The molecule has 1 aliphatic carbocycles. The van der Waals surface area contributed by atoms with Crippen LogP contribution in [-0.4, -0.2) is 19.2 Å². The lowest BCUT2D eigenvalue weighted by Crippen LogP contribution is -2.19. The van der Waals surface area contributed by atoms with Crippen molar-refractivity contribution in [3.8, 4) is 5.75 Å². The molecule has 1 saturated carbocycles. The molecule has 0 heterocycles. The van der Waals surface area contributed by atoms with Crippen LogP contribution >= 0.6 is 0 Å². The molecule has 0 amide bonds. The number of halogens is 2. The molecule has 1 fully saturated rings. The van der Waals surface area contributed by atoms with Gasteiger partial charge in [0, 0.05) is 6.04 Å². The summed E-state index contributed by atoms with van der Waals surface area (Å²) in [4.78, 5) is 0. The number of hydrogen-bond donors (Lipinski definition) is 1. The summed E-state index contributed by atoms with van der Waals surface area (Å²) in [5.74, 6) is -1.78. The van der Waals surface area contributed by atoms with Gasteiger partial charge in [0.1, 0.15) is 0 Å². The molecule has 0 spiro atoms. The van der Waals surface area contributed by atoms with Gasteiger partial charge in [-0.05, 0) is 37.9 Å². The predicted octanol–water partition coefficient (Wildman–Crippen LogP) is 2.49.